The van der Waals surface area contributed by atoms with E-state index in [1.165, 1.54) is 12.1 Å². The van der Waals surface area contributed by atoms with Gasteiger partial charge in [0.25, 0.3) is 0 Å². The van der Waals surface area contributed by atoms with Gasteiger partial charge in [-0.2, -0.15) is 0 Å². The maximum Gasteiger partial charge on any atom is 0.344 e. The number of rotatable bonds is 2. The molecule has 14 heavy (non-hydrogen) atoms. The van der Waals surface area contributed by atoms with Gasteiger partial charge in [-0.1, -0.05) is 12.0 Å². The molecule has 1 rings (SSSR count). The van der Waals surface area contributed by atoms with Gasteiger partial charge in [-0.05, 0) is 12.1 Å². The number of anilines is 1. The summed E-state index contributed by atoms with van der Waals surface area (Å²) in [6, 6.07) is 3.95. The number of esters is 1. The van der Waals surface area contributed by atoms with Gasteiger partial charge in [-0.15, -0.1) is 6.42 Å². The minimum atomic E-state index is -0.849. The van der Waals surface area contributed by atoms with Crippen molar-refractivity contribution in [3.8, 4) is 12.3 Å². The molecule has 0 unspecified atom stereocenters. The number of nitrogen functional groups attached to an aromatic ring is 1. The van der Waals surface area contributed by atoms with Crippen molar-refractivity contribution in [2.45, 2.75) is 0 Å². The van der Waals surface area contributed by atoms with Crippen LogP contribution in [0.2, 0.25) is 0 Å². The summed E-state index contributed by atoms with van der Waals surface area (Å²) in [5, 5.41) is 0. The lowest BCUT2D eigenvalue weighted by Gasteiger charge is -2.04. The number of nitrogens with two attached hydrogens (primary N) is 1. The first-order chi connectivity index (χ1) is 6.66. The SMILES string of the molecule is C#CCOC(=O)c1c(N)cccc1F. The zero-order chi connectivity index (χ0) is 10.6. The van der Waals surface area contributed by atoms with E-state index >= 15 is 0 Å². The fourth-order valence-corrected chi connectivity index (χ4v) is 0.936. The van der Waals surface area contributed by atoms with Crippen molar-refractivity contribution in [1.82, 2.24) is 0 Å². The molecule has 0 atom stereocenters. The van der Waals surface area contributed by atoms with Crippen molar-refractivity contribution in [3.05, 3.63) is 29.6 Å². The topological polar surface area (TPSA) is 52.3 Å². The minimum Gasteiger partial charge on any atom is -0.449 e. The third-order valence-corrected chi connectivity index (χ3v) is 1.54. The standard InChI is InChI=1S/C10H8FNO2/c1-2-6-14-10(13)9-7(11)4-3-5-8(9)12/h1,3-5H,6,12H2. The smallest absolute Gasteiger partial charge is 0.344 e. The summed E-state index contributed by atoms with van der Waals surface area (Å²) in [5.41, 5.74) is 5.16. The van der Waals surface area contributed by atoms with Crippen molar-refractivity contribution in [3.63, 3.8) is 0 Å². The summed E-state index contributed by atoms with van der Waals surface area (Å²) in [5.74, 6) is 0.537. The average Bonchev–Trinajstić information content (AvgIpc) is 2.14. The molecular weight excluding hydrogens is 185 g/mol. The van der Waals surface area contributed by atoms with Crippen LogP contribution < -0.4 is 5.73 Å². The van der Waals surface area contributed by atoms with Crippen molar-refractivity contribution < 1.29 is 13.9 Å². The predicted molar refractivity (Wildman–Crippen MR) is 49.9 cm³/mol. The van der Waals surface area contributed by atoms with Gasteiger partial charge >= 0.3 is 5.97 Å². The van der Waals surface area contributed by atoms with E-state index in [1.54, 1.807) is 0 Å². The van der Waals surface area contributed by atoms with E-state index in [2.05, 4.69) is 10.7 Å². The minimum absolute atomic E-state index is 0.0343. The molecule has 0 saturated heterocycles. The van der Waals surface area contributed by atoms with Gasteiger partial charge in [-0.3, -0.25) is 0 Å². The Kier molecular flexibility index (Phi) is 3.08. The van der Waals surface area contributed by atoms with Gasteiger partial charge in [0.1, 0.15) is 11.4 Å². The molecule has 0 heterocycles. The highest BCUT2D eigenvalue weighted by molar-refractivity contribution is 5.95. The van der Waals surface area contributed by atoms with Crippen LogP contribution in [0, 0.1) is 18.2 Å². The van der Waals surface area contributed by atoms with E-state index in [0.717, 1.165) is 6.07 Å². The highest BCUT2D eigenvalue weighted by Crippen LogP contribution is 2.16. The summed E-state index contributed by atoms with van der Waals surface area (Å²) < 4.78 is 17.6. The maximum absolute atomic E-state index is 13.1. The highest BCUT2D eigenvalue weighted by atomic mass is 19.1. The molecule has 72 valence electrons. The average molecular weight is 193 g/mol. The number of benzene rings is 1. The number of hydrogen-bond acceptors (Lipinski definition) is 3. The molecule has 0 aliphatic rings. The van der Waals surface area contributed by atoms with Crippen LogP contribution in [0.15, 0.2) is 18.2 Å². The zero-order valence-electron chi connectivity index (χ0n) is 7.29. The van der Waals surface area contributed by atoms with E-state index in [9.17, 15) is 9.18 Å². The van der Waals surface area contributed by atoms with Gasteiger partial charge in [-0.25, -0.2) is 9.18 Å². The van der Waals surface area contributed by atoms with Gasteiger partial charge in [0, 0.05) is 5.69 Å². The van der Waals surface area contributed by atoms with Crippen molar-refractivity contribution in [1.29, 1.82) is 0 Å². The molecule has 0 bridgehead atoms. The Morgan fingerprint density at radius 2 is 2.36 bits per heavy atom. The normalized spacial score (nSPS) is 9.14. The molecule has 0 aliphatic heterocycles. The van der Waals surface area contributed by atoms with Gasteiger partial charge in [0.15, 0.2) is 6.61 Å². The Morgan fingerprint density at radius 1 is 1.64 bits per heavy atom. The van der Waals surface area contributed by atoms with Gasteiger partial charge in [0.2, 0.25) is 0 Å². The van der Waals surface area contributed by atoms with Crippen LogP contribution in [0.3, 0.4) is 0 Å². The molecule has 0 saturated carbocycles. The molecule has 0 spiro atoms. The first-order valence-electron chi connectivity index (χ1n) is 3.81. The van der Waals surface area contributed by atoms with E-state index in [0.29, 0.717) is 0 Å². The third kappa shape index (κ3) is 2.02. The van der Waals surface area contributed by atoms with Gasteiger partial charge < -0.3 is 10.5 Å². The Bertz CT molecular complexity index is 375. The number of halogens is 1. The lowest BCUT2D eigenvalue weighted by atomic mass is 10.2. The third-order valence-electron chi connectivity index (χ3n) is 1.54. The van der Waals surface area contributed by atoms with Crippen LogP contribution in [0.5, 0.6) is 0 Å². The monoisotopic (exact) mass is 193 g/mol. The zero-order valence-corrected chi connectivity index (χ0v) is 7.29. The Labute approximate surface area is 80.7 Å². The second kappa shape index (κ2) is 4.28. The van der Waals surface area contributed by atoms with E-state index in [4.69, 9.17) is 12.2 Å². The van der Waals surface area contributed by atoms with Crippen LogP contribution in [-0.4, -0.2) is 12.6 Å². The summed E-state index contributed by atoms with van der Waals surface area (Å²) in [6.45, 7) is -0.202. The Hall–Kier alpha value is -2.02. The van der Waals surface area contributed by atoms with Crippen molar-refractivity contribution in [2.24, 2.45) is 0 Å². The van der Waals surface area contributed by atoms with Crippen LogP contribution in [0.1, 0.15) is 10.4 Å². The van der Waals surface area contributed by atoms with Crippen LogP contribution in [0.25, 0.3) is 0 Å². The molecular formula is C10H8FNO2. The molecule has 1 aromatic rings. The first-order valence-corrected chi connectivity index (χ1v) is 3.81. The lowest BCUT2D eigenvalue weighted by molar-refractivity contribution is 0.0553. The molecule has 0 aromatic heterocycles. The summed E-state index contributed by atoms with van der Waals surface area (Å²) in [6.07, 6.45) is 4.88. The predicted octanol–water partition coefficient (Wildman–Crippen LogP) is 1.20. The number of hydrogen-bond donors (Lipinski definition) is 1. The number of terminal acetylenes is 1. The largest absolute Gasteiger partial charge is 0.449 e. The molecule has 0 aliphatic carbocycles. The molecule has 3 nitrogen and oxygen atoms in total. The number of carbonyl (C=O) groups is 1. The van der Waals surface area contributed by atoms with Crippen molar-refractivity contribution in [2.75, 3.05) is 12.3 Å². The highest BCUT2D eigenvalue weighted by Gasteiger charge is 2.15. The second-order valence-electron chi connectivity index (χ2n) is 2.48. The molecule has 0 radical (unpaired) electrons. The Morgan fingerprint density at radius 3 is 2.93 bits per heavy atom. The fourth-order valence-electron chi connectivity index (χ4n) is 0.936. The van der Waals surface area contributed by atoms with Crippen LogP contribution >= 0.6 is 0 Å². The van der Waals surface area contributed by atoms with Crippen molar-refractivity contribution >= 4 is 11.7 Å². The molecule has 4 heteroatoms. The number of carbonyl (C=O) groups excluding carboxylic acids is 1. The molecule has 1 aromatic carbocycles. The molecule has 0 fully saturated rings. The van der Waals surface area contributed by atoms with E-state index < -0.39 is 11.8 Å². The fraction of sp³-hybridized carbons (Fsp3) is 0.100. The quantitative estimate of drug-likeness (QED) is 0.436. The van der Waals surface area contributed by atoms with Crippen LogP contribution in [0.4, 0.5) is 10.1 Å². The number of ether oxygens (including phenoxy) is 1. The van der Waals surface area contributed by atoms with E-state index in [1.807, 2.05) is 0 Å². The molecule has 2 N–H and O–H groups in total. The maximum atomic E-state index is 13.1. The van der Waals surface area contributed by atoms with Crippen LogP contribution in [-0.2, 0) is 4.74 Å². The lowest BCUT2D eigenvalue weighted by Crippen LogP contribution is -2.10. The van der Waals surface area contributed by atoms with E-state index in [-0.39, 0.29) is 17.9 Å². The summed E-state index contributed by atoms with van der Waals surface area (Å²) in [7, 11) is 0. The first kappa shape index (κ1) is 10.1. The van der Waals surface area contributed by atoms with Gasteiger partial charge in [0.05, 0.1) is 0 Å². The molecule has 0 amide bonds. The summed E-state index contributed by atoms with van der Waals surface area (Å²) >= 11 is 0. The summed E-state index contributed by atoms with van der Waals surface area (Å²) in [4.78, 5) is 11.2. The second-order valence-corrected chi connectivity index (χ2v) is 2.48. The Balaban J connectivity index is 2.95.